The maximum Gasteiger partial charge on any atom is 0.269 e. The molecule has 0 heterocycles. The second-order valence-electron chi connectivity index (χ2n) is 7.52. The molecule has 0 aromatic heterocycles. The topological polar surface area (TPSA) is 89.3 Å². The first-order chi connectivity index (χ1) is 15.7. The molecule has 0 atom stereocenters. The van der Waals surface area contributed by atoms with Crippen LogP contribution in [-0.2, 0) is 18.9 Å². The maximum atomic E-state index is 10.6. The third-order valence-electron chi connectivity index (χ3n) is 4.80. The van der Waals surface area contributed by atoms with E-state index >= 15 is 0 Å². The fourth-order valence-corrected chi connectivity index (χ4v) is 2.98. The van der Waals surface area contributed by atoms with E-state index in [4.69, 9.17) is 23.7 Å². The van der Waals surface area contributed by atoms with Crippen LogP contribution in [0.5, 0.6) is 5.75 Å². The number of ether oxygens (including phenoxy) is 5. The van der Waals surface area contributed by atoms with Crippen molar-refractivity contribution in [3.05, 3.63) is 34.4 Å². The summed E-state index contributed by atoms with van der Waals surface area (Å²) in [6.45, 7) is 7.14. The van der Waals surface area contributed by atoms with Crippen LogP contribution in [0.4, 0.5) is 5.69 Å². The van der Waals surface area contributed by atoms with Crippen LogP contribution in [0, 0.1) is 10.1 Å². The van der Waals surface area contributed by atoms with E-state index in [1.165, 1.54) is 57.1 Å². The normalized spacial score (nSPS) is 11.0. The van der Waals surface area contributed by atoms with Crippen molar-refractivity contribution in [2.45, 2.75) is 58.3 Å². The maximum absolute atomic E-state index is 10.6. The summed E-state index contributed by atoms with van der Waals surface area (Å²) in [4.78, 5) is 10.1. The lowest BCUT2D eigenvalue weighted by atomic mass is 10.1. The highest BCUT2D eigenvalue weighted by molar-refractivity contribution is 5.35. The van der Waals surface area contributed by atoms with Crippen LogP contribution in [0.25, 0.3) is 0 Å². The Hall–Kier alpha value is -1.74. The van der Waals surface area contributed by atoms with E-state index in [1.54, 1.807) is 12.1 Å². The third kappa shape index (κ3) is 16.9. The summed E-state index contributed by atoms with van der Waals surface area (Å²) in [7, 11) is 0. The molecular weight excluding hydrogens is 414 g/mol. The van der Waals surface area contributed by atoms with E-state index in [2.05, 4.69) is 6.92 Å². The van der Waals surface area contributed by atoms with Gasteiger partial charge in [0.05, 0.1) is 51.2 Å². The van der Waals surface area contributed by atoms with Crippen molar-refractivity contribution in [2.24, 2.45) is 0 Å². The second kappa shape index (κ2) is 21.1. The molecular formula is C24H41NO7. The number of benzene rings is 1. The van der Waals surface area contributed by atoms with Gasteiger partial charge in [-0.15, -0.1) is 0 Å². The Balaban J connectivity index is 1.73. The van der Waals surface area contributed by atoms with Crippen LogP contribution in [-0.4, -0.2) is 64.4 Å². The van der Waals surface area contributed by atoms with Crippen molar-refractivity contribution >= 4 is 5.69 Å². The van der Waals surface area contributed by atoms with Gasteiger partial charge in [-0.25, -0.2) is 0 Å². The molecule has 0 aliphatic heterocycles. The molecule has 0 radical (unpaired) electrons. The highest BCUT2D eigenvalue weighted by Gasteiger charge is 2.04. The highest BCUT2D eigenvalue weighted by atomic mass is 16.6. The minimum atomic E-state index is -0.440. The van der Waals surface area contributed by atoms with Crippen LogP contribution < -0.4 is 4.74 Å². The molecule has 1 aromatic rings. The van der Waals surface area contributed by atoms with Crippen molar-refractivity contribution in [3.8, 4) is 5.75 Å². The van der Waals surface area contributed by atoms with Gasteiger partial charge in [0.15, 0.2) is 0 Å². The van der Waals surface area contributed by atoms with E-state index in [1.807, 2.05) is 0 Å². The predicted octanol–water partition coefficient (Wildman–Crippen LogP) is 5.18. The van der Waals surface area contributed by atoms with Gasteiger partial charge >= 0.3 is 0 Å². The Kier molecular flexibility index (Phi) is 18.7. The fraction of sp³-hybridized carbons (Fsp3) is 0.750. The third-order valence-corrected chi connectivity index (χ3v) is 4.80. The van der Waals surface area contributed by atoms with Gasteiger partial charge < -0.3 is 23.7 Å². The molecule has 0 bridgehead atoms. The van der Waals surface area contributed by atoms with Crippen LogP contribution in [0.2, 0.25) is 0 Å². The number of nitrogens with zero attached hydrogens (tertiary/aromatic N) is 1. The summed E-state index contributed by atoms with van der Waals surface area (Å²) in [5, 5.41) is 10.6. The van der Waals surface area contributed by atoms with Crippen molar-refractivity contribution in [3.63, 3.8) is 0 Å². The van der Waals surface area contributed by atoms with Crippen molar-refractivity contribution in [2.75, 3.05) is 59.5 Å². The van der Waals surface area contributed by atoms with Crippen LogP contribution in [0.3, 0.4) is 0 Å². The highest BCUT2D eigenvalue weighted by Crippen LogP contribution is 2.17. The molecule has 0 N–H and O–H groups in total. The molecule has 0 spiro atoms. The quantitative estimate of drug-likeness (QED) is 0.128. The molecule has 0 saturated heterocycles. The lowest BCUT2D eigenvalue weighted by molar-refractivity contribution is -0.384. The molecule has 8 heteroatoms. The fourth-order valence-electron chi connectivity index (χ4n) is 2.98. The van der Waals surface area contributed by atoms with Crippen molar-refractivity contribution in [1.82, 2.24) is 0 Å². The zero-order valence-electron chi connectivity index (χ0n) is 19.6. The minimum Gasteiger partial charge on any atom is -0.491 e. The van der Waals surface area contributed by atoms with Gasteiger partial charge in [0, 0.05) is 18.7 Å². The first-order valence-corrected chi connectivity index (χ1v) is 11.9. The van der Waals surface area contributed by atoms with E-state index < -0.39 is 4.92 Å². The van der Waals surface area contributed by atoms with Gasteiger partial charge in [-0.1, -0.05) is 51.9 Å². The monoisotopic (exact) mass is 455 g/mol. The summed E-state index contributed by atoms with van der Waals surface area (Å²) in [5.41, 5.74) is 0.0426. The molecule has 0 fully saturated rings. The Morgan fingerprint density at radius 3 is 1.56 bits per heavy atom. The zero-order valence-corrected chi connectivity index (χ0v) is 19.6. The number of non-ortho nitro benzene ring substituents is 1. The van der Waals surface area contributed by atoms with Crippen molar-refractivity contribution in [1.29, 1.82) is 0 Å². The summed E-state index contributed by atoms with van der Waals surface area (Å²) >= 11 is 0. The van der Waals surface area contributed by atoms with E-state index in [0.717, 1.165) is 13.0 Å². The van der Waals surface area contributed by atoms with Gasteiger partial charge in [0.25, 0.3) is 5.69 Å². The first-order valence-electron chi connectivity index (χ1n) is 11.9. The molecule has 0 saturated carbocycles. The molecule has 0 amide bonds. The van der Waals surface area contributed by atoms with Gasteiger partial charge in [0.1, 0.15) is 12.4 Å². The Labute approximate surface area is 192 Å². The van der Waals surface area contributed by atoms with E-state index in [0.29, 0.717) is 58.6 Å². The number of rotatable bonds is 23. The summed E-state index contributed by atoms with van der Waals surface area (Å²) in [6, 6.07) is 5.97. The molecule has 184 valence electrons. The lowest BCUT2D eigenvalue weighted by Crippen LogP contribution is -2.13. The number of nitro groups is 1. The SMILES string of the molecule is CCCCCCCCCCOCCOCCOCCOCCOc1ccc([N+](=O)[O-])cc1. The molecule has 32 heavy (non-hydrogen) atoms. The van der Waals surface area contributed by atoms with Gasteiger partial charge in [-0.3, -0.25) is 10.1 Å². The van der Waals surface area contributed by atoms with E-state index in [9.17, 15) is 10.1 Å². The number of unbranched alkanes of at least 4 members (excludes halogenated alkanes) is 7. The lowest BCUT2D eigenvalue weighted by Gasteiger charge is -2.08. The smallest absolute Gasteiger partial charge is 0.269 e. The van der Waals surface area contributed by atoms with Crippen LogP contribution >= 0.6 is 0 Å². The van der Waals surface area contributed by atoms with Gasteiger partial charge in [-0.2, -0.15) is 0 Å². The minimum absolute atomic E-state index is 0.0426. The molecule has 0 aliphatic carbocycles. The molecule has 1 rings (SSSR count). The average Bonchev–Trinajstić information content (AvgIpc) is 2.80. The second-order valence-corrected chi connectivity index (χ2v) is 7.52. The number of hydrogen-bond donors (Lipinski definition) is 0. The number of hydrogen-bond acceptors (Lipinski definition) is 7. The molecule has 1 aromatic carbocycles. The van der Waals surface area contributed by atoms with Crippen LogP contribution in [0.15, 0.2) is 24.3 Å². The Bertz CT molecular complexity index is 554. The zero-order chi connectivity index (χ0) is 23.1. The average molecular weight is 456 g/mol. The van der Waals surface area contributed by atoms with Crippen molar-refractivity contribution < 1.29 is 28.6 Å². The van der Waals surface area contributed by atoms with Gasteiger partial charge in [0.2, 0.25) is 0 Å². The summed E-state index contributed by atoms with van der Waals surface area (Å²) < 4.78 is 27.4. The summed E-state index contributed by atoms with van der Waals surface area (Å²) in [6.07, 6.45) is 10.5. The van der Waals surface area contributed by atoms with Gasteiger partial charge in [-0.05, 0) is 18.6 Å². The molecule has 0 aliphatic rings. The Morgan fingerprint density at radius 1 is 0.625 bits per heavy atom. The number of nitro benzene ring substituents is 1. The molecule has 0 unspecified atom stereocenters. The Morgan fingerprint density at radius 2 is 1.06 bits per heavy atom. The first kappa shape index (κ1) is 28.3. The predicted molar refractivity (Wildman–Crippen MR) is 124 cm³/mol. The van der Waals surface area contributed by atoms with E-state index in [-0.39, 0.29) is 5.69 Å². The summed E-state index contributed by atoms with van der Waals surface area (Å²) in [5.74, 6) is 0.578. The standard InChI is InChI=1S/C24H41NO7/c1-2-3-4-5-6-7-8-9-14-28-15-16-29-17-18-30-19-20-31-21-22-32-24-12-10-23(11-13-24)25(26)27/h10-13H,2-9,14-22H2,1H3. The van der Waals surface area contributed by atoms with Crippen LogP contribution in [0.1, 0.15) is 58.3 Å². The molecule has 8 nitrogen and oxygen atoms in total. The largest absolute Gasteiger partial charge is 0.491 e.